The molecule has 3 nitrogen and oxygen atoms in total. The standard InChI is InChI=1S/C12H17NO2/c1-8(2)9-5-6-10(12(14)13-3)11(7-9)15-4/h5-8H,1-4H3,(H,13,14). The van der Waals surface area contributed by atoms with Crippen LogP contribution in [-0.4, -0.2) is 20.1 Å². The van der Waals surface area contributed by atoms with Crippen LogP contribution in [0, 0.1) is 0 Å². The summed E-state index contributed by atoms with van der Waals surface area (Å²) in [4.78, 5) is 11.5. The molecule has 0 heterocycles. The van der Waals surface area contributed by atoms with Gasteiger partial charge in [-0.2, -0.15) is 0 Å². The Morgan fingerprint density at radius 1 is 1.40 bits per heavy atom. The van der Waals surface area contributed by atoms with Crippen LogP contribution in [0.15, 0.2) is 18.2 Å². The smallest absolute Gasteiger partial charge is 0.254 e. The number of benzene rings is 1. The van der Waals surface area contributed by atoms with Crippen LogP contribution in [0.4, 0.5) is 0 Å². The van der Waals surface area contributed by atoms with E-state index in [0.717, 1.165) is 0 Å². The summed E-state index contributed by atoms with van der Waals surface area (Å²) in [5.74, 6) is 0.931. The first-order chi connectivity index (χ1) is 7.10. The van der Waals surface area contributed by atoms with Gasteiger partial charge < -0.3 is 10.1 Å². The fraction of sp³-hybridized carbons (Fsp3) is 0.417. The number of nitrogens with one attached hydrogen (secondary N) is 1. The van der Waals surface area contributed by atoms with Crippen LogP contribution in [-0.2, 0) is 0 Å². The van der Waals surface area contributed by atoms with E-state index in [1.54, 1.807) is 20.2 Å². The zero-order chi connectivity index (χ0) is 11.4. The summed E-state index contributed by atoms with van der Waals surface area (Å²) in [7, 11) is 3.18. The topological polar surface area (TPSA) is 38.3 Å². The molecule has 3 heteroatoms. The van der Waals surface area contributed by atoms with Crippen molar-refractivity contribution in [2.24, 2.45) is 0 Å². The third kappa shape index (κ3) is 2.49. The SMILES string of the molecule is CNC(=O)c1ccc(C(C)C)cc1OC. The molecule has 0 aromatic heterocycles. The summed E-state index contributed by atoms with van der Waals surface area (Å²) in [5.41, 5.74) is 1.74. The number of carbonyl (C=O) groups excluding carboxylic acids is 1. The highest BCUT2D eigenvalue weighted by Gasteiger charge is 2.11. The summed E-state index contributed by atoms with van der Waals surface area (Å²) in [6.45, 7) is 4.21. The maximum absolute atomic E-state index is 11.5. The highest BCUT2D eigenvalue weighted by Crippen LogP contribution is 2.24. The van der Waals surface area contributed by atoms with Gasteiger partial charge in [0.25, 0.3) is 5.91 Å². The molecule has 1 aromatic carbocycles. The monoisotopic (exact) mass is 207 g/mol. The van der Waals surface area contributed by atoms with Gasteiger partial charge in [0.15, 0.2) is 0 Å². The molecule has 0 aliphatic carbocycles. The van der Waals surface area contributed by atoms with Gasteiger partial charge in [-0.1, -0.05) is 19.9 Å². The van der Waals surface area contributed by atoms with Gasteiger partial charge in [0.05, 0.1) is 12.7 Å². The predicted molar refractivity (Wildman–Crippen MR) is 60.5 cm³/mol. The van der Waals surface area contributed by atoms with Crippen LogP contribution in [0.1, 0.15) is 35.7 Å². The molecule has 1 amide bonds. The number of rotatable bonds is 3. The van der Waals surface area contributed by atoms with Crippen molar-refractivity contribution in [3.8, 4) is 5.75 Å². The number of carbonyl (C=O) groups is 1. The van der Waals surface area contributed by atoms with Crippen molar-refractivity contribution in [2.45, 2.75) is 19.8 Å². The summed E-state index contributed by atoms with van der Waals surface area (Å²) in [5, 5.41) is 2.59. The van der Waals surface area contributed by atoms with Crippen LogP contribution in [0.5, 0.6) is 5.75 Å². The second kappa shape index (κ2) is 4.82. The number of amides is 1. The molecule has 0 atom stereocenters. The molecule has 0 spiro atoms. The van der Waals surface area contributed by atoms with E-state index in [4.69, 9.17) is 4.74 Å². The van der Waals surface area contributed by atoms with E-state index in [2.05, 4.69) is 19.2 Å². The van der Waals surface area contributed by atoms with Crippen molar-refractivity contribution in [1.29, 1.82) is 0 Å². The Kier molecular flexibility index (Phi) is 3.72. The molecule has 0 aliphatic rings. The van der Waals surface area contributed by atoms with Gasteiger partial charge >= 0.3 is 0 Å². The molecular weight excluding hydrogens is 190 g/mol. The Morgan fingerprint density at radius 2 is 2.07 bits per heavy atom. The lowest BCUT2D eigenvalue weighted by molar-refractivity contribution is 0.0960. The molecule has 0 saturated heterocycles. The summed E-state index contributed by atoms with van der Waals surface area (Å²) in [6.07, 6.45) is 0. The molecule has 15 heavy (non-hydrogen) atoms. The van der Waals surface area contributed by atoms with Gasteiger partial charge in [0, 0.05) is 7.05 Å². The molecule has 0 aliphatic heterocycles. The van der Waals surface area contributed by atoms with Gasteiger partial charge in [0.2, 0.25) is 0 Å². The van der Waals surface area contributed by atoms with Gasteiger partial charge in [-0.05, 0) is 23.6 Å². The average molecular weight is 207 g/mol. The highest BCUT2D eigenvalue weighted by molar-refractivity contribution is 5.96. The Bertz CT molecular complexity index is 359. The van der Waals surface area contributed by atoms with Crippen molar-refractivity contribution >= 4 is 5.91 Å². The van der Waals surface area contributed by atoms with Crippen molar-refractivity contribution in [3.05, 3.63) is 29.3 Å². The molecule has 1 aromatic rings. The van der Waals surface area contributed by atoms with E-state index in [1.165, 1.54) is 5.56 Å². The largest absolute Gasteiger partial charge is 0.496 e. The van der Waals surface area contributed by atoms with E-state index in [0.29, 0.717) is 17.2 Å². The van der Waals surface area contributed by atoms with E-state index in [1.807, 2.05) is 12.1 Å². The lowest BCUT2D eigenvalue weighted by Gasteiger charge is -2.11. The zero-order valence-corrected chi connectivity index (χ0v) is 9.63. The molecule has 0 radical (unpaired) electrons. The van der Waals surface area contributed by atoms with E-state index >= 15 is 0 Å². The third-order valence-corrected chi connectivity index (χ3v) is 2.36. The molecule has 1 rings (SSSR count). The normalized spacial score (nSPS) is 10.2. The van der Waals surface area contributed by atoms with E-state index in [-0.39, 0.29) is 5.91 Å². The molecule has 0 saturated carbocycles. The quantitative estimate of drug-likeness (QED) is 0.825. The van der Waals surface area contributed by atoms with Crippen molar-refractivity contribution in [3.63, 3.8) is 0 Å². The van der Waals surface area contributed by atoms with Gasteiger partial charge in [-0.3, -0.25) is 4.79 Å². The molecule has 0 fully saturated rings. The van der Waals surface area contributed by atoms with Crippen LogP contribution >= 0.6 is 0 Å². The second-order valence-corrected chi connectivity index (χ2v) is 3.69. The molecule has 82 valence electrons. The van der Waals surface area contributed by atoms with Crippen molar-refractivity contribution < 1.29 is 9.53 Å². The Labute approximate surface area is 90.4 Å². The fourth-order valence-corrected chi connectivity index (χ4v) is 1.39. The first-order valence-corrected chi connectivity index (χ1v) is 5.00. The summed E-state index contributed by atoms with van der Waals surface area (Å²) >= 11 is 0. The maximum Gasteiger partial charge on any atom is 0.254 e. The van der Waals surface area contributed by atoms with Crippen molar-refractivity contribution in [2.75, 3.05) is 14.2 Å². The Morgan fingerprint density at radius 3 is 2.53 bits per heavy atom. The maximum atomic E-state index is 11.5. The highest BCUT2D eigenvalue weighted by atomic mass is 16.5. The van der Waals surface area contributed by atoms with Crippen molar-refractivity contribution in [1.82, 2.24) is 5.32 Å². The van der Waals surface area contributed by atoms with Crippen LogP contribution in [0.3, 0.4) is 0 Å². The first-order valence-electron chi connectivity index (χ1n) is 5.00. The molecule has 0 bridgehead atoms. The Hall–Kier alpha value is -1.51. The molecular formula is C12H17NO2. The van der Waals surface area contributed by atoms with Gasteiger partial charge in [-0.25, -0.2) is 0 Å². The second-order valence-electron chi connectivity index (χ2n) is 3.69. The number of methoxy groups -OCH3 is 1. The number of ether oxygens (including phenoxy) is 1. The average Bonchev–Trinajstić information content (AvgIpc) is 2.27. The summed E-state index contributed by atoms with van der Waals surface area (Å²) < 4.78 is 5.20. The van der Waals surface area contributed by atoms with Crippen LogP contribution in [0.25, 0.3) is 0 Å². The van der Waals surface area contributed by atoms with E-state index < -0.39 is 0 Å². The minimum Gasteiger partial charge on any atom is -0.496 e. The third-order valence-electron chi connectivity index (χ3n) is 2.36. The minimum absolute atomic E-state index is 0.123. The van der Waals surface area contributed by atoms with E-state index in [9.17, 15) is 4.79 Å². The lowest BCUT2D eigenvalue weighted by atomic mass is 10.0. The fourth-order valence-electron chi connectivity index (χ4n) is 1.39. The zero-order valence-electron chi connectivity index (χ0n) is 9.63. The van der Waals surface area contributed by atoms with Crippen LogP contribution < -0.4 is 10.1 Å². The van der Waals surface area contributed by atoms with Crippen LogP contribution in [0.2, 0.25) is 0 Å². The first kappa shape index (κ1) is 11.6. The number of hydrogen-bond acceptors (Lipinski definition) is 2. The molecule has 1 N–H and O–H groups in total. The Balaban J connectivity index is 3.15. The minimum atomic E-state index is -0.123. The molecule has 0 unspecified atom stereocenters. The summed E-state index contributed by atoms with van der Waals surface area (Å²) in [6, 6.07) is 5.67. The lowest BCUT2D eigenvalue weighted by Crippen LogP contribution is -2.18. The predicted octanol–water partition coefficient (Wildman–Crippen LogP) is 2.18. The number of hydrogen-bond donors (Lipinski definition) is 1. The van der Waals surface area contributed by atoms with Gasteiger partial charge in [-0.15, -0.1) is 0 Å². The van der Waals surface area contributed by atoms with Gasteiger partial charge in [0.1, 0.15) is 5.75 Å².